The molecule has 1 fully saturated rings. The number of piperazine rings is 1. The van der Waals surface area contributed by atoms with E-state index in [4.69, 9.17) is 0 Å². The molecule has 4 heteroatoms. The van der Waals surface area contributed by atoms with Crippen LogP contribution in [0.2, 0.25) is 0 Å². The Morgan fingerprint density at radius 3 is 2.60 bits per heavy atom. The molecule has 1 N–H and O–H groups in total. The molecule has 1 aliphatic heterocycles. The highest BCUT2D eigenvalue weighted by atomic mass is 15.3. The van der Waals surface area contributed by atoms with Crippen molar-refractivity contribution in [1.29, 1.82) is 0 Å². The molecule has 0 spiro atoms. The van der Waals surface area contributed by atoms with Gasteiger partial charge in [-0.3, -0.25) is 9.58 Å². The van der Waals surface area contributed by atoms with Crippen LogP contribution in [0.15, 0.2) is 12.3 Å². The summed E-state index contributed by atoms with van der Waals surface area (Å²) in [4.78, 5) is 2.54. The molecule has 1 aromatic rings. The van der Waals surface area contributed by atoms with E-state index >= 15 is 0 Å². The number of rotatable bonds is 2. The van der Waals surface area contributed by atoms with Gasteiger partial charge in [-0.05, 0) is 19.9 Å². The lowest BCUT2D eigenvalue weighted by molar-refractivity contribution is 0.106. The number of aryl methyl sites for hydroxylation is 1. The average Bonchev–Trinajstić information content (AvgIpc) is 2.58. The molecule has 0 bridgehead atoms. The van der Waals surface area contributed by atoms with Gasteiger partial charge < -0.3 is 5.32 Å². The van der Waals surface area contributed by atoms with Crippen LogP contribution < -0.4 is 5.32 Å². The maximum Gasteiger partial charge on any atom is 0.0521 e. The molecule has 2 atom stereocenters. The lowest BCUT2D eigenvalue weighted by Crippen LogP contribution is -2.54. The van der Waals surface area contributed by atoms with Crippen molar-refractivity contribution in [3.8, 4) is 0 Å². The number of nitrogens with zero attached hydrogens (tertiary/aromatic N) is 3. The number of nitrogens with one attached hydrogen (secondary N) is 1. The van der Waals surface area contributed by atoms with Crippen LogP contribution >= 0.6 is 0 Å². The van der Waals surface area contributed by atoms with Crippen LogP contribution in [0.3, 0.4) is 0 Å². The van der Waals surface area contributed by atoms with Gasteiger partial charge in [-0.15, -0.1) is 0 Å². The van der Waals surface area contributed by atoms with Crippen molar-refractivity contribution in [3.63, 3.8) is 0 Å². The Hall–Kier alpha value is -0.870. The Morgan fingerprint density at radius 2 is 2.07 bits per heavy atom. The van der Waals surface area contributed by atoms with Crippen LogP contribution in [0.1, 0.15) is 19.5 Å². The normalized spacial score (nSPS) is 28.2. The highest BCUT2D eigenvalue weighted by molar-refractivity contribution is 5.01. The SMILES string of the molecule is C[C@@H]1CNC[C@H](C)N1Cc1ccnn1C. The Labute approximate surface area is 91.3 Å². The molecule has 0 aromatic carbocycles. The van der Waals surface area contributed by atoms with Gasteiger partial charge >= 0.3 is 0 Å². The van der Waals surface area contributed by atoms with E-state index in [-0.39, 0.29) is 0 Å². The third kappa shape index (κ3) is 2.21. The number of hydrogen-bond donors (Lipinski definition) is 1. The first-order chi connectivity index (χ1) is 7.18. The zero-order chi connectivity index (χ0) is 10.8. The van der Waals surface area contributed by atoms with Crippen molar-refractivity contribution in [2.45, 2.75) is 32.5 Å². The molecule has 0 aliphatic carbocycles. The monoisotopic (exact) mass is 208 g/mol. The first kappa shape index (κ1) is 10.6. The fourth-order valence-electron chi connectivity index (χ4n) is 2.23. The van der Waals surface area contributed by atoms with E-state index in [1.54, 1.807) is 0 Å². The summed E-state index contributed by atoms with van der Waals surface area (Å²) in [5, 5.41) is 7.65. The van der Waals surface area contributed by atoms with Gasteiger partial charge in [-0.1, -0.05) is 0 Å². The quantitative estimate of drug-likeness (QED) is 0.772. The highest BCUT2D eigenvalue weighted by Crippen LogP contribution is 2.13. The van der Waals surface area contributed by atoms with E-state index < -0.39 is 0 Å². The molecule has 2 heterocycles. The second kappa shape index (κ2) is 4.33. The van der Waals surface area contributed by atoms with Crippen LogP contribution in [0.4, 0.5) is 0 Å². The Bertz CT molecular complexity index is 310. The van der Waals surface area contributed by atoms with Crippen LogP contribution in [0.5, 0.6) is 0 Å². The smallest absolute Gasteiger partial charge is 0.0521 e. The minimum absolute atomic E-state index is 0.601. The van der Waals surface area contributed by atoms with Gasteiger partial charge in [0.05, 0.1) is 5.69 Å². The van der Waals surface area contributed by atoms with E-state index in [1.165, 1.54) is 5.69 Å². The summed E-state index contributed by atoms with van der Waals surface area (Å²) >= 11 is 0. The van der Waals surface area contributed by atoms with E-state index in [9.17, 15) is 0 Å². The van der Waals surface area contributed by atoms with Crippen molar-refractivity contribution in [2.75, 3.05) is 13.1 Å². The summed E-state index contributed by atoms with van der Waals surface area (Å²) in [6.45, 7) is 7.73. The van der Waals surface area contributed by atoms with Gasteiger partial charge in [0.15, 0.2) is 0 Å². The van der Waals surface area contributed by atoms with Gasteiger partial charge in [-0.25, -0.2) is 0 Å². The van der Waals surface area contributed by atoms with Crippen LogP contribution in [0, 0.1) is 0 Å². The zero-order valence-corrected chi connectivity index (χ0v) is 9.77. The van der Waals surface area contributed by atoms with Crippen molar-refractivity contribution < 1.29 is 0 Å². The first-order valence-corrected chi connectivity index (χ1v) is 5.62. The molecule has 84 valence electrons. The third-order valence-corrected chi connectivity index (χ3v) is 3.28. The van der Waals surface area contributed by atoms with Gasteiger partial charge in [0.25, 0.3) is 0 Å². The summed E-state index contributed by atoms with van der Waals surface area (Å²) in [6.07, 6.45) is 1.87. The van der Waals surface area contributed by atoms with E-state index in [1.807, 2.05) is 17.9 Å². The van der Waals surface area contributed by atoms with Crippen molar-refractivity contribution >= 4 is 0 Å². The highest BCUT2D eigenvalue weighted by Gasteiger charge is 2.24. The lowest BCUT2D eigenvalue weighted by Gasteiger charge is -2.39. The molecule has 0 amide bonds. The molecule has 4 nitrogen and oxygen atoms in total. The molecule has 0 saturated carbocycles. The second-order valence-electron chi connectivity index (χ2n) is 4.47. The minimum atomic E-state index is 0.601. The maximum atomic E-state index is 4.21. The van der Waals surface area contributed by atoms with E-state index in [0.29, 0.717) is 12.1 Å². The fraction of sp³-hybridized carbons (Fsp3) is 0.727. The van der Waals surface area contributed by atoms with Gasteiger partial charge in [0.2, 0.25) is 0 Å². The maximum absolute atomic E-state index is 4.21. The summed E-state index contributed by atoms with van der Waals surface area (Å²) < 4.78 is 1.96. The number of hydrogen-bond acceptors (Lipinski definition) is 3. The summed E-state index contributed by atoms with van der Waals surface area (Å²) in [5.74, 6) is 0. The molecule has 2 rings (SSSR count). The van der Waals surface area contributed by atoms with Crippen LogP contribution in [-0.2, 0) is 13.6 Å². The largest absolute Gasteiger partial charge is 0.314 e. The third-order valence-electron chi connectivity index (χ3n) is 3.28. The van der Waals surface area contributed by atoms with Crippen molar-refractivity contribution in [1.82, 2.24) is 20.0 Å². The van der Waals surface area contributed by atoms with Gasteiger partial charge in [-0.2, -0.15) is 5.10 Å². The molecule has 1 aromatic heterocycles. The molecule has 0 radical (unpaired) electrons. The predicted molar refractivity (Wildman–Crippen MR) is 60.5 cm³/mol. The van der Waals surface area contributed by atoms with E-state index in [2.05, 4.69) is 35.2 Å². The lowest BCUT2D eigenvalue weighted by atomic mass is 10.1. The fourth-order valence-corrected chi connectivity index (χ4v) is 2.23. The minimum Gasteiger partial charge on any atom is -0.314 e. The standard InChI is InChI=1S/C11H20N4/c1-9-6-12-7-10(2)15(9)8-11-4-5-13-14(11)3/h4-5,9-10,12H,6-8H2,1-3H3/t9-,10+. The average molecular weight is 208 g/mol. The molecule has 15 heavy (non-hydrogen) atoms. The van der Waals surface area contributed by atoms with Crippen LogP contribution in [-0.4, -0.2) is 39.9 Å². The van der Waals surface area contributed by atoms with Crippen molar-refractivity contribution in [3.05, 3.63) is 18.0 Å². The Morgan fingerprint density at radius 1 is 1.40 bits per heavy atom. The molecule has 1 saturated heterocycles. The molecular weight excluding hydrogens is 188 g/mol. The number of aromatic nitrogens is 2. The molecule has 1 aliphatic rings. The topological polar surface area (TPSA) is 33.1 Å². The summed E-state index contributed by atoms with van der Waals surface area (Å²) in [6, 6.07) is 3.30. The van der Waals surface area contributed by atoms with Crippen LogP contribution in [0.25, 0.3) is 0 Å². The van der Waals surface area contributed by atoms with Crippen molar-refractivity contribution in [2.24, 2.45) is 7.05 Å². The summed E-state index contributed by atoms with van der Waals surface area (Å²) in [5.41, 5.74) is 1.29. The van der Waals surface area contributed by atoms with E-state index in [0.717, 1.165) is 19.6 Å². The molecule has 0 unspecified atom stereocenters. The molecular formula is C11H20N4. The Balaban J connectivity index is 2.06. The van der Waals surface area contributed by atoms with Gasteiger partial charge in [0.1, 0.15) is 0 Å². The first-order valence-electron chi connectivity index (χ1n) is 5.62. The Kier molecular flexibility index (Phi) is 3.07. The summed E-state index contributed by atoms with van der Waals surface area (Å²) in [7, 11) is 2.01. The van der Waals surface area contributed by atoms with Gasteiger partial charge in [0, 0.05) is 45.0 Å². The predicted octanol–water partition coefficient (Wildman–Crippen LogP) is 0.602. The zero-order valence-electron chi connectivity index (χ0n) is 9.77. The second-order valence-corrected chi connectivity index (χ2v) is 4.47.